The van der Waals surface area contributed by atoms with E-state index in [2.05, 4.69) is 24.9 Å². The second kappa shape index (κ2) is 8.82. The number of nitrogens with one attached hydrogen (secondary N) is 1. The van der Waals surface area contributed by atoms with Gasteiger partial charge in [-0.15, -0.1) is 0 Å². The highest BCUT2D eigenvalue weighted by Crippen LogP contribution is 2.53. The van der Waals surface area contributed by atoms with Gasteiger partial charge < -0.3 is 14.8 Å². The van der Waals surface area contributed by atoms with E-state index in [1.807, 2.05) is 13.8 Å². The number of carbonyl (C=O) groups is 3. The van der Waals surface area contributed by atoms with Crippen LogP contribution >= 0.6 is 0 Å². The quantitative estimate of drug-likeness (QED) is 0.318. The minimum atomic E-state index is -0.363. The predicted molar refractivity (Wildman–Crippen MR) is 109 cm³/mol. The zero-order chi connectivity index (χ0) is 21.2. The first-order valence-corrected chi connectivity index (χ1v) is 10.7. The minimum Gasteiger partial charge on any atom is -0.461 e. The Hall–Kier alpha value is -1.95. The summed E-state index contributed by atoms with van der Waals surface area (Å²) in [5, 5.41) is 2.77. The summed E-state index contributed by atoms with van der Waals surface area (Å²) >= 11 is 0. The number of rotatable bonds is 6. The van der Waals surface area contributed by atoms with Gasteiger partial charge in [0.15, 0.2) is 5.78 Å². The lowest BCUT2D eigenvalue weighted by atomic mass is 9.80. The maximum atomic E-state index is 12.2. The fourth-order valence-electron chi connectivity index (χ4n) is 4.65. The van der Waals surface area contributed by atoms with Crippen molar-refractivity contribution in [1.82, 2.24) is 5.32 Å². The molecule has 0 unspecified atom stereocenters. The van der Waals surface area contributed by atoms with E-state index in [0.29, 0.717) is 6.42 Å². The van der Waals surface area contributed by atoms with Crippen LogP contribution < -0.4 is 5.32 Å². The van der Waals surface area contributed by atoms with Crippen molar-refractivity contribution in [2.24, 2.45) is 11.8 Å². The van der Waals surface area contributed by atoms with Crippen molar-refractivity contribution in [2.45, 2.75) is 83.5 Å². The highest BCUT2D eigenvalue weighted by molar-refractivity contribution is 5.98. The van der Waals surface area contributed by atoms with Gasteiger partial charge in [0, 0.05) is 24.8 Å². The lowest BCUT2D eigenvalue weighted by molar-refractivity contribution is -0.144. The zero-order valence-corrected chi connectivity index (χ0v) is 17.8. The summed E-state index contributed by atoms with van der Waals surface area (Å²) in [6, 6.07) is 0.0598. The lowest BCUT2D eigenvalue weighted by Gasteiger charge is -2.21. The average molecular weight is 404 g/mol. The molecule has 6 nitrogen and oxygen atoms in total. The van der Waals surface area contributed by atoms with Gasteiger partial charge in [0.05, 0.1) is 18.1 Å². The number of carbonyl (C=O) groups excluding carboxylic acids is 3. The number of esters is 1. The van der Waals surface area contributed by atoms with E-state index in [0.717, 1.165) is 36.8 Å². The molecule has 29 heavy (non-hydrogen) atoms. The van der Waals surface area contributed by atoms with Crippen LogP contribution in [-0.2, 0) is 23.9 Å². The molecule has 0 aromatic carbocycles. The molecule has 0 spiro atoms. The molecule has 2 aliphatic carbocycles. The molecule has 1 amide bonds. The smallest absolute Gasteiger partial charge is 0.306 e. The van der Waals surface area contributed by atoms with Crippen LogP contribution in [0.5, 0.6) is 0 Å². The van der Waals surface area contributed by atoms with Gasteiger partial charge in [0.25, 0.3) is 0 Å². The summed E-state index contributed by atoms with van der Waals surface area (Å²) < 4.78 is 11.4. The van der Waals surface area contributed by atoms with Gasteiger partial charge in [-0.05, 0) is 63.5 Å². The molecule has 1 aliphatic heterocycles. The Morgan fingerprint density at radius 1 is 1.38 bits per heavy atom. The summed E-state index contributed by atoms with van der Waals surface area (Å²) in [6.07, 6.45) is 6.41. The molecule has 0 bridgehead atoms. The molecular formula is C23H33NO5. The molecule has 1 heterocycles. The second-order valence-corrected chi connectivity index (χ2v) is 9.10. The molecule has 3 aliphatic rings. The van der Waals surface area contributed by atoms with Crippen LogP contribution in [0.3, 0.4) is 0 Å². The third-order valence-corrected chi connectivity index (χ3v) is 6.35. The molecule has 1 saturated heterocycles. The largest absolute Gasteiger partial charge is 0.461 e. The number of Topliss-reactive ketones (excluding diaryl/α,β-unsaturated/α-hetero) is 1. The number of ketones is 1. The van der Waals surface area contributed by atoms with E-state index in [1.54, 1.807) is 0 Å². The summed E-state index contributed by atoms with van der Waals surface area (Å²) in [5.74, 6) is 0.0247. The molecule has 0 aromatic heterocycles. The first-order chi connectivity index (χ1) is 13.7. The Morgan fingerprint density at radius 3 is 2.86 bits per heavy atom. The molecular weight excluding hydrogens is 370 g/mol. The SMILES string of the molecule is C=C1C(=O)C[C@H]2[C@H]1CC/C(COC(=O)CCC(=O)NC(C)C)=C\CC[C@@]1(C)O[C@@H]21. The Balaban J connectivity index is 1.54. The van der Waals surface area contributed by atoms with Crippen LogP contribution in [0.4, 0.5) is 0 Å². The number of ether oxygens (including phenoxy) is 2. The molecule has 0 radical (unpaired) electrons. The van der Waals surface area contributed by atoms with Crippen LogP contribution in [0.2, 0.25) is 0 Å². The third kappa shape index (κ3) is 5.35. The molecule has 6 heteroatoms. The zero-order valence-electron chi connectivity index (χ0n) is 17.8. The highest BCUT2D eigenvalue weighted by atomic mass is 16.6. The van der Waals surface area contributed by atoms with E-state index < -0.39 is 0 Å². The molecule has 1 N–H and O–H groups in total. The van der Waals surface area contributed by atoms with Gasteiger partial charge in [-0.3, -0.25) is 14.4 Å². The van der Waals surface area contributed by atoms with Gasteiger partial charge in [-0.2, -0.15) is 0 Å². The van der Waals surface area contributed by atoms with E-state index >= 15 is 0 Å². The Bertz CT molecular complexity index is 725. The number of allylic oxidation sites excluding steroid dienone is 2. The summed E-state index contributed by atoms with van der Waals surface area (Å²) in [6.45, 7) is 10.2. The topological polar surface area (TPSA) is 85.0 Å². The predicted octanol–water partition coefficient (Wildman–Crippen LogP) is 3.25. The van der Waals surface area contributed by atoms with E-state index in [-0.39, 0.29) is 66.7 Å². The van der Waals surface area contributed by atoms with Crippen molar-refractivity contribution >= 4 is 17.7 Å². The van der Waals surface area contributed by atoms with Gasteiger partial charge in [-0.1, -0.05) is 12.7 Å². The standard InChI is InChI=1S/C23H33NO5/c1-14(2)24-20(26)9-10-21(27)28-13-16-6-5-11-23(4)22(29-23)18-12-19(25)15(3)17(18)8-7-16/h6,14,17-18,22H,3,5,7-13H2,1-2,4H3,(H,24,26)/b16-6+/t17-,18-,22-,23+/m0/s1. The number of amides is 1. The number of hydrogen-bond donors (Lipinski definition) is 1. The van der Waals surface area contributed by atoms with Crippen molar-refractivity contribution in [3.8, 4) is 0 Å². The maximum Gasteiger partial charge on any atom is 0.306 e. The maximum absolute atomic E-state index is 12.2. The van der Waals surface area contributed by atoms with Crippen LogP contribution in [-0.4, -0.2) is 42.0 Å². The Labute approximate surface area is 173 Å². The summed E-state index contributed by atoms with van der Waals surface area (Å²) in [5.41, 5.74) is 1.63. The molecule has 3 rings (SSSR count). The highest BCUT2D eigenvalue weighted by Gasteiger charge is 2.59. The molecule has 1 saturated carbocycles. The third-order valence-electron chi connectivity index (χ3n) is 6.35. The van der Waals surface area contributed by atoms with E-state index in [9.17, 15) is 14.4 Å². The fourth-order valence-corrected chi connectivity index (χ4v) is 4.65. The van der Waals surface area contributed by atoms with Gasteiger partial charge >= 0.3 is 5.97 Å². The Kier molecular flexibility index (Phi) is 6.62. The van der Waals surface area contributed by atoms with Gasteiger partial charge in [-0.25, -0.2) is 0 Å². The summed E-state index contributed by atoms with van der Waals surface area (Å²) in [7, 11) is 0. The first-order valence-electron chi connectivity index (χ1n) is 10.7. The van der Waals surface area contributed by atoms with E-state index in [1.165, 1.54) is 0 Å². The van der Waals surface area contributed by atoms with Crippen molar-refractivity contribution in [1.29, 1.82) is 0 Å². The normalized spacial score (nSPS) is 33.4. The molecule has 0 aromatic rings. The Morgan fingerprint density at radius 2 is 2.14 bits per heavy atom. The lowest BCUT2D eigenvalue weighted by Crippen LogP contribution is -2.30. The van der Waals surface area contributed by atoms with Crippen LogP contribution in [0.25, 0.3) is 0 Å². The van der Waals surface area contributed by atoms with Gasteiger partial charge in [0.2, 0.25) is 5.91 Å². The summed E-state index contributed by atoms with van der Waals surface area (Å²) in [4.78, 5) is 35.9. The number of hydrogen-bond acceptors (Lipinski definition) is 5. The van der Waals surface area contributed by atoms with Crippen LogP contribution in [0, 0.1) is 11.8 Å². The average Bonchev–Trinajstić information content (AvgIpc) is 3.24. The van der Waals surface area contributed by atoms with Gasteiger partial charge in [0.1, 0.15) is 6.61 Å². The van der Waals surface area contributed by atoms with Crippen molar-refractivity contribution in [3.63, 3.8) is 0 Å². The molecule has 4 atom stereocenters. The van der Waals surface area contributed by atoms with Crippen molar-refractivity contribution in [2.75, 3.05) is 6.61 Å². The monoisotopic (exact) mass is 403 g/mol. The van der Waals surface area contributed by atoms with E-state index in [4.69, 9.17) is 9.47 Å². The molecule has 2 fully saturated rings. The minimum absolute atomic E-state index is 0.0598. The van der Waals surface area contributed by atoms with Crippen molar-refractivity contribution < 1.29 is 23.9 Å². The number of fused-ring (bicyclic) bond motifs is 3. The molecule has 160 valence electrons. The van der Waals surface area contributed by atoms with Crippen molar-refractivity contribution in [3.05, 3.63) is 23.8 Å². The first kappa shape index (κ1) is 21.8. The van der Waals surface area contributed by atoms with Crippen LogP contribution in [0.15, 0.2) is 23.8 Å². The fraction of sp³-hybridized carbons (Fsp3) is 0.696. The second-order valence-electron chi connectivity index (χ2n) is 9.10. The van der Waals surface area contributed by atoms with Crippen LogP contribution in [0.1, 0.15) is 65.7 Å². The number of epoxide rings is 1.